The number of carbonyl (C=O) groups excluding carboxylic acids is 1. The molecule has 0 aromatic carbocycles. The Balaban J connectivity index is 1.85. The van der Waals surface area contributed by atoms with Crippen LogP contribution in [0.15, 0.2) is 0 Å². The van der Waals surface area contributed by atoms with Gasteiger partial charge >= 0.3 is 6.03 Å². The van der Waals surface area contributed by atoms with Gasteiger partial charge in [0.1, 0.15) is 0 Å². The fourth-order valence-electron chi connectivity index (χ4n) is 2.85. The second-order valence-corrected chi connectivity index (χ2v) is 5.46. The van der Waals surface area contributed by atoms with Crippen molar-refractivity contribution in [1.29, 1.82) is 0 Å². The van der Waals surface area contributed by atoms with Crippen molar-refractivity contribution in [2.45, 2.75) is 64.1 Å². The Morgan fingerprint density at radius 3 is 2.65 bits per heavy atom. The first kappa shape index (κ1) is 12.7. The largest absolute Gasteiger partial charge is 0.335 e. The topological polar surface area (TPSA) is 44.4 Å². The lowest BCUT2D eigenvalue weighted by Gasteiger charge is -2.39. The predicted octanol–water partition coefficient (Wildman–Crippen LogP) is 1.71. The second-order valence-electron chi connectivity index (χ2n) is 5.46. The van der Waals surface area contributed by atoms with E-state index in [-0.39, 0.29) is 12.1 Å². The van der Waals surface area contributed by atoms with Crippen LogP contribution in [0.4, 0.5) is 4.79 Å². The summed E-state index contributed by atoms with van der Waals surface area (Å²) in [6.07, 6.45) is 6.16. The van der Waals surface area contributed by atoms with Crippen LogP contribution in [-0.4, -0.2) is 42.1 Å². The molecule has 1 saturated carbocycles. The molecule has 0 aromatic heterocycles. The Morgan fingerprint density at radius 1 is 1.24 bits per heavy atom. The van der Waals surface area contributed by atoms with Gasteiger partial charge in [0.25, 0.3) is 0 Å². The maximum Gasteiger partial charge on any atom is 0.317 e. The number of nitrogens with one attached hydrogen (secondary N) is 2. The van der Waals surface area contributed by atoms with E-state index in [4.69, 9.17) is 0 Å². The molecular formula is C13H25N3O. The van der Waals surface area contributed by atoms with Crippen LogP contribution in [0, 0.1) is 0 Å². The average molecular weight is 239 g/mol. The van der Waals surface area contributed by atoms with Gasteiger partial charge in [0.2, 0.25) is 0 Å². The van der Waals surface area contributed by atoms with Crippen LogP contribution in [0.2, 0.25) is 0 Å². The molecule has 1 heterocycles. The van der Waals surface area contributed by atoms with Crippen LogP contribution in [0.3, 0.4) is 0 Å². The Kier molecular flexibility index (Phi) is 4.26. The molecule has 2 fully saturated rings. The van der Waals surface area contributed by atoms with Crippen molar-refractivity contribution in [3.8, 4) is 0 Å². The van der Waals surface area contributed by atoms with E-state index < -0.39 is 0 Å². The summed E-state index contributed by atoms with van der Waals surface area (Å²) in [7, 11) is 0. The number of carbonyl (C=O) groups is 1. The molecule has 2 rings (SSSR count). The Morgan fingerprint density at radius 2 is 1.94 bits per heavy atom. The van der Waals surface area contributed by atoms with E-state index >= 15 is 0 Å². The van der Waals surface area contributed by atoms with Gasteiger partial charge in [-0.1, -0.05) is 19.3 Å². The number of piperazine rings is 1. The van der Waals surface area contributed by atoms with Crippen LogP contribution < -0.4 is 10.6 Å². The van der Waals surface area contributed by atoms with Crippen LogP contribution in [0.1, 0.15) is 46.0 Å². The van der Waals surface area contributed by atoms with Crippen molar-refractivity contribution in [2.75, 3.05) is 13.1 Å². The lowest BCUT2D eigenvalue weighted by Crippen LogP contribution is -2.60. The first-order valence-corrected chi connectivity index (χ1v) is 6.99. The Labute approximate surface area is 104 Å². The highest BCUT2D eigenvalue weighted by Gasteiger charge is 2.29. The van der Waals surface area contributed by atoms with Crippen molar-refractivity contribution >= 4 is 6.03 Å². The maximum absolute atomic E-state index is 12.2. The van der Waals surface area contributed by atoms with Crippen molar-refractivity contribution in [3.05, 3.63) is 0 Å². The predicted molar refractivity (Wildman–Crippen MR) is 69.0 cm³/mol. The molecule has 2 atom stereocenters. The third-order valence-electron chi connectivity index (χ3n) is 4.23. The molecule has 0 aromatic rings. The van der Waals surface area contributed by atoms with Crippen LogP contribution in [0.5, 0.6) is 0 Å². The molecule has 0 radical (unpaired) electrons. The summed E-state index contributed by atoms with van der Waals surface area (Å²) in [6, 6.07) is 1.22. The number of hydrogen-bond donors (Lipinski definition) is 2. The van der Waals surface area contributed by atoms with Gasteiger partial charge in [-0.15, -0.1) is 0 Å². The molecule has 17 heavy (non-hydrogen) atoms. The van der Waals surface area contributed by atoms with E-state index in [1.807, 2.05) is 4.90 Å². The van der Waals surface area contributed by atoms with Gasteiger partial charge in [-0.3, -0.25) is 0 Å². The third kappa shape index (κ3) is 3.12. The van der Waals surface area contributed by atoms with Crippen LogP contribution >= 0.6 is 0 Å². The van der Waals surface area contributed by atoms with E-state index in [1.165, 1.54) is 19.3 Å². The Hall–Kier alpha value is -0.770. The minimum atomic E-state index is 0.137. The first-order valence-electron chi connectivity index (χ1n) is 6.99. The molecule has 1 saturated heterocycles. The smallest absolute Gasteiger partial charge is 0.317 e. The van der Waals surface area contributed by atoms with E-state index in [0.717, 1.165) is 25.9 Å². The molecule has 1 aliphatic carbocycles. The molecule has 4 heteroatoms. The van der Waals surface area contributed by atoms with E-state index in [1.54, 1.807) is 0 Å². The first-order chi connectivity index (χ1) is 8.18. The number of rotatable bonds is 1. The quantitative estimate of drug-likeness (QED) is 0.731. The summed E-state index contributed by atoms with van der Waals surface area (Å²) in [5, 5.41) is 6.60. The summed E-state index contributed by atoms with van der Waals surface area (Å²) < 4.78 is 0. The maximum atomic E-state index is 12.2. The van der Waals surface area contributed by atoms with Gasteiger partial charge in [0.05, 0.1) is 0 Å². The monoisotopic (exact) mass is 239 g/mol. The van der Waals surface area contributed by atoms with E-state index in [9.17, 15) is 4.79 Å². The van der Waals surface area contributed by atoms with Crippen molar-refractivity contribution in [3.63, 3.8) is 0 Å². The Bertz CT molecular complexity index is 263. The molecule has 2 amide bonds. The average Bonchev–Trinajstić information content (AvgIpc) is 2.34. The van der Waals surface area contributed by atoms with Gasteiger partial charge in [-0.05, 0) is 26.7 Å². The van der Waals surface area contributed by atoms with Crippen molar-refractivity contribution < 1.29 is 4.79 Å². The molecule has 4 nitrogen and oxygen atoms in total. The zero-order valence-corrected chi connectivity index (χ0v) is 11.0. The molecule has 0 bridgehead atoms. The fourth-order valence-corrected chi connectivity index (χ4v) is 2.85. The molecule has 98 valence electrons. The summed E-state index contributed by atoms with van der Waals surface area (Å²) in [6.45, 7) is 6.00. The minimum absolute atomic E-state index is 0.137. The number of amides is 2. The third-order valence-corrected chi connectivity index (χ3v) is 4.23. The fraction of sp³-hybridized carbons (Fsp3) is 0.923. The minimum Gasteiger partial charge on any atom is -0.335 e. The molecule has 2 N–H and O–H groups in total. The molecular weight excluding hydrogens is 214 g/mol. The normalized spacial score (nSPS) is 31.3. The summed E-state index contributed by atoms with van der Waals surface area (Å²) >= 11 is 0. The molecule has 2 unspecified atom stereocenters. The number of urea groups is 1. The van der Waals surface area contributed by atoms with Crippen molar-refractivity contribution in [2.24, 2.45) is 0 Å². The number of nitrogens with zero attached hydrogens (tertiary/aromatic N) is 1. The van der Waals surface area contributed by atoms with Gasteiger partial charge in [0, 0.05) is 31.2 Å². The standard InChI is InChI=1S/C13H25N3O/c1-10-11(2)16(9-8-14-10)13(17)15-12-6-4-3-5-7-12/h10-12,14H,3-9H2,1-2H3,(H,15,17). The molecule has 1 aliphatic heterocycles. The number of hydrogen-bond acceptors (Lipinski definition) is 2. The molecule has 0 spiro atoms. The van der Waals surface area contributed by atoms with Gasteiger partial charge in [0.15, 0.2) is 0 Å². The van der Waals surface area contributed by atoms with Crippen molar-refractivity contribution in [1.82, 2.24) is 15.5 Å². The summed E-state index contributed by atoms with van der Waals surface area (Å²) in [5.41, 5.74) is 0. The van der Waals surface area contributed by atoms with Crippen LogP contribution in [0.25, 0.3) is 0 Å². The second kappa shape index (κ2) is 5.71. The van der Waals surface area contributed by atoms with Gasteiger partial charge < -0.3 is 15.5 Å². The lowest BCUT2D eigenvalue weighted by atomic mass is 9.95. The molecule has 2 aliphatic rings. The highest BCUT2D eigenvalue weighted by atomic mass is 16.2. The van der Waals surface area contributed by atoms with E-state index in [2.05, 4.69) is 24.5 Å². The SMILES string of the molecule is CC1NCCN(C(=O)NC2CCCCC2)C1C. The van der Waals surface area contributed by atoms with E-state index in [0.29, 0.717) is 12.1 Å². The highest BCUT2D eigenvalue weighted by Crippen LogP contribution is 2.18. The zero-order valence-electron chi connectivity index (χ0n) is 11.0. The van der Waals surface area contributed by atoms with Gasteiger partial charge in [-0.2, -0.15) is 0 Å². The highest BCUT2D eigenvalue weighted by molar-refractivity contribution is 5.75. The van der Waals surface area contributed by atoms with Crippen LogP contribution in [-0.2, 0) is 0 Å². The summed E-state index contributed by atoms with van der Waals surface area (Å²) in [4.78, 5) is 14.2. The summed E-state index contributed by atoms with van der Waals surface area (Å²) in [5.74, 6) is 0. The lowest BCUT2D eigenvalue weighted by molar-refractivity contribution is 0.140. The zero-order chi connectivity index (χ0) is 12.3. The van der Waals surface area contributed by atoms with Gasteiger partial charge in [-0.25, -0.2) is 4.79 Å².